The van der Waals surface area contributed by atoms with Crippen molar-refractivity contribution in [2.24, 2.45) is 0 Å². The van der Waals surface area contributed by atoms with Crippen LogP contribution in [0.5, 0.6) is 0 Å². The number of hydrogen-bond donors (Lipinski definition) is 2. The van der Waals surface area contributed by atoms with Crippen LogP contribution in [0.15, 0.2) is 36.8 Å². The number of carboxylic acids is 1. The summed E-state index contributed by atoms with van der Waals surface area (Å²) < 4.78 is 0. The van der Waals surface area contributed by atoms with Crippen molar-refractivity contribution in [2.45, 2.75) is 13.0 Å². The standard InChI is InChI=1S/C14H16N4O3/c19-7-3-6-18(10-11-4-1-2-5-15-11)13-9-16-12(8-17-13)14(20)21/h1-2,4-5,8-9,19H,3,6-7,10H2,(H,20,21). The molecule has 110 valence electrons. The molecule has 0 unspecified atom stereocenters. The smallest absolute Gasteiger partial charge is 0.356 e. The number of aliphatic hydroxyl groups excluding tert-OH is 1. The number of anilines is 1. The molecule has 2 heterocycles. The van der Waals surface area contributed by atoms with E-state index in [9.17, 15) is 4.79 Å². The van der Waals surface area contributed by atoms with Crippen molar-refractivity contribution in [3.63, 3.8) is 0 Å². The quantitative estimate of drug-likeness (QED) is 0.782. The van der Waals surface area contributed by atoms with E-state index in [2.05, 4.69) is 15.0 Å². The zero-order chi connectivity index (χ0) is 15.1. The minimum Gasteiger partial charge on any atom is -0.476 e. The normalized spacial score (nSPS) is 10.3. The second-order valence-electron chi connectivity index (χ2n) is 4.38. The SMILES string of the molecule is O=C(O)c1cnc(N(CCCO)Cc2ccccn2)cn1. The van der Waals surface area contributed by atoms with Gasteiger partial charge in [0.05, 0.1) is 24.6 Å². The first kappa shape index (κ1) is 14.9. The highest BCUT2D eigenvalue weighted by Crippen LogP contribution is 2.13. The van der Waals surface area contributed by atoms with Crippen molar-refractivity contribution in [3.8, 4) is 0 Å². The lowest BCUT2D eigenvalue weighted by Gasteiger charge is -2.22. The summed E-state index contributed by atoms with van der Waals surface area (Å²) in [5.41, 5.74) is 0.762. The van der Waals surface area contributed by atoms with E-state index >= 15 is 0 Å². The van der Waals surface area contributed by atoms with Gasteiger partial charge in [0.25, 0.3) is 0 Å². The first-order valence-corrected chi connectivity index (χ1v) is 6.52. The molecule has 21 heavy (non-hydrogen) atoms. The van der Waals surface area contributed by atoms with Crippen molar-refractivity contribution in [2.75, 3.05) is 18.1 Å². The molecule has 0 aliphatic rings. The number of carbonyl (C=O) groups is 1. The molecule has 0 fully saturated rings. The zero-order valence-corrected chi connectivity index (χ0v) is 11.4. The van der Waals surface area contributed by atoms with E-state index in [1.165, 1.54) is 12.4 Å². The number of aromatic nitrogens is 3. The molecule has 7 heteroatoms. The van der Waals surface area contributed by atoms with Crippen molar-refractivity contribution >= 4 is 11.8 Å². The minimum absolute atomic E-state index is 0.0688. The van der Waals surface area contributed by atoms with Gasteiger partial charge in [-0.2, -0.15) is 0 Å². The van der Waals surface area contributed by atoms with Crippen molar-refractivity contribution < 1.29 is 15.0 Å². The Labute approximate surface area is 121 Å². The summed E-state index contributed by atoms with van der Waals surface area (Å²) in [7, 11) is 0. The summed E-state index contributed by atoms with van der Waals surface area (Å²) in [5.74, 6) is -0.556. The number of aromatic carboxylic acids is 1. The van der Waals surface area contributed by atoms with Crippen LogP contribution in [0.3, 0.4) is 0 Å². The van der Waals surface area contributed by atoms with E-state index in [0.29, 0.717) is 25.3 Å². The molecule has 0 spiro atoms. The Morgan fingerprint density at radius 2 is 2.05 bits per heavy atom. The fourth-order valence-electron chi connectivity index (χ4n) is 1.82. The van der Waals surface area contributed by atoms with Gasteiger partial charge in [0, 0.05) is 19.3 Å². The maximum Gasteiger partial charge on any atom is 0.356 e. The summed E-state index contributed by atoms with van der Waals surface area (Å²) >= 11 is 0. The van der Waals surface area contributed by atoms with Gasteiger partial charge in [-0.15, -0.1) is 0 Å². The number of rotatable bonds is 7. The van der Waals surface area contributed by atoms with E-state index in [1.54, 1.807) is 6.20 Å². The Kier molecular flexibility index (Phi) is 5.16. The lowest BCUT2D eigenvalue weighted by Crippen LogP contribution is -2.26. The largest absolute Gasteiger partial charge is 0.476 e. The molecule has 0 atom stereocenters. The Hall–Kier alpha value is -2.54. The minimum atomic E-state index is -1.11. The lowest BCUT2D eigenvalue weighted by atomic mass is 10.3. The van der Waals surface area contributed by atoms with Crippen LogP contribution in [0.2, 0.25) is 0 Å². The fourth-order valence-corrected chi connectivity index (χ4v) is 1.82. The molecule has 0 aliphatic carbocycles. The summed E-state index contributed by atoms with van der Waals surface area (Å²) in [6, 6.07) is 5.62. The third-order valence-electron chi connectivity index (χ3n) is 2.85. The molecular weight excluding hydrogens is 272 g/mol. The van der Waals surface area contributed by atoms with Gasteiger partial charge in [-0.05, 0) is 18.6 Å². The Bertz CT molecular complexity index is 575. The molecule has 2 N–H and O–H groups in total. The Morgan fingerprint density at radius 3 is 2.62 bits per heavy atom. The van der Waals surface area contributed by atoms with Crippen molar-refractivity contribution in [1.82, 2.24) is 15.0 Å². The molecule has 0 saturated heterocycles. The van der Waals surface area contributed by atoms with Crippen LogP contribution in [0.25, 0.3) is 0 Å². The monoisotopic (exact) mass is 288 g/mol. The molecule has 0 radical (unpaired) electrons. The first-order valence-electron chi connectivity index (χ1n) is 6.52. The number of carboxylic acid groups (broad SMARTS) is 1. The van der Waals surface area contributed by atoms with Crippen LogP contribution in [-0.4, -0.2) is 44.3 Å². The molecule has 0 saturated carbocycles. The Morgan fingerprint density at radius 1 is 1.19 bits per heavy atom. The van der Waals surface area contributed by atoms with E-state index in [-0.39, 0.29) is 12.3 Å². The van der Waals surface area contributed by atoms with Crippen LogP contribution >= 0.6 is 0 Å². The maximum atomic E-state index is 10.8. The van der Waals surface area contributed by atoms with Crippen LogP contribution in [-0.2, 0) is 6.54 Å². The van der Waals surface area contributed by atoms with Gasteiger partial charge in [-0.1, -0.05) is 6.07 Å². The number of aliphatic hydroxyl groups is 1. The number of pyridine rings is 1. The summed E-state index contributed by atoms with van der Waals surface area (Å²) in [4.78, 5) is 24.9. The molecule has 7 nitrogen and oxygen atoms in total. The van der Waals surface area contributed by atoms with Crippen LogP contribution in [0.1, 0.15) is 22.6 Å². The molecular formula is C14H16N4O3. The molecule has 0 bridgehead atoms. The van der Waals surface area contributed by atoms with Crippen molar-refractivity contribution in [1.29, 1.82) is 0 Å². The topological polar surface area (TPSA) is 99.4 Å². The average Bonchev–Trinajstić information content (AvgIpc) is 2.52. The van der Waals surface area contributed by atoms with E-state index in [1.807, 2.05) is 23.1 Å². The van der Waals surface area contributed by atoms with Crippen LogP contribution in [0.4, 0.5) is 5.82 Å². The van der Waals surface area contributed by atoms with E-state index in [4.69, 9.17) is 10.2 Å². The van der Waals surface area contributed by atoms with Gasteiger partial charge < -0.3 is 15.1 Å². The third kappa shape index (κ3) is 4.22. The molecule has 2 rings (SSSR count). The molecule has 0 amide bonds. The zero-order valence-electron chi connectivity index (χ0n) is 11.4. The fraction of sp³-hybridized carbons (Fsp3) is 0.286. The predicted octanol–water partition coefficient (Wildman–Crippen LogP) is 0.959. The van der Waals surface area contributed by atoms with Gasteiger partial charge in [-0.3, -0.25) is 4.98 Å². The van der Waals surface area contributed by atoms with E-state index < -0.39 is 5.97 Å². The van der Waals surface area contributed by atoms with Gasteiger partial charge in [0.15, 0.2) is 5.69 Å². The second-order valence-corrected chi connectivity index (χ2v) is 4.38. The third-order valence-corrected chi connectivity index (χ3v) is 2.85. The summed E-state index contributed by atoms with van der Waals surface area (Å²) in [6.07, 6.45) is 4.93. The number of hydrogen-bond acceptors (Lipinski definition) is 6. The first-order chi connectivity index (χ1) is 10.2. The van der Waals surface area contributed by atoms with Crippen LogP contribution < -0.4 is 4.90 Å². The lowest BCUT2D eigenvalue weighted by molar-refractivity contribution is 0.0690. The second kappa shape index (κ2) is 7.30. The van der Waals surface area contributed by atoms with Gasteiger partial charge in [-0.25, -0.2) is 14.8 Å². The average molecular weight is 288 g/mol. The molecule has 0 aromatic carbocycles. The van der Waals surface area contributed by atoms with Gasteiger partial charge >= 0.3 is 5.97 Å². The molecule has 2 aromatic heterocycles. The Balaban J connectivity index is 2.16. The molecule has 2 aromatic rings. The van der Waals surface area contributed by atoms with Gasteiger partial charge in [0.1, 0.15) is 5.82 Å². The maximum absolute atomic E-state index is 10.8. The molecule has 0 aliphatic heterocycles. The predicted molar refractivity (Wildman–Crippen MR) is 76.0 cm³/mol. The van der Waals surface area contributed by atoms with Crippen molar-refractivity contribution in [3.05, 3.63) is 48.2 Å². The van der Waals surface area contributed by atoms with Crippen LogP contribution in [0, 0.1) is 0 Å². The number of nitrogens with zero attached hydrogens (tertiary/aromatic N) is 4. The highest BCUT2D eigenvalue weighted by Gasteiger charge is 2.11. The van der Waals surface area contributed by atoms with Gasteiger partial charge in [0.2, 0.25) is 0 Å². The summed E-state index contributed by atoms with van der Waals surface area (Å²) in [6.45, 7) is 1.16. The highest BCUT2D eigenvalue weighted by molar-refractivity contribution is 5.84. The summed E-state index contributed by atoms with van der Waals surface area (Å²) in [5, 5.41) is 17.8. The highest BCUT2D eigenvalue weighted by atomic mass is 16.4. The van der Waals surface area contributed by atoms with E-state index in [0.717, 1.165) is 5.69 Å².